The topological polar surface area (TPSA) is 48.4 Å². The van der Waals surface area contributed by atoms with E-state index < -0.39 is 0 Å². The number of hydrogen-bond acceptors (Lipinski definition) is 4. The van der Waals surface area contributed by atoms with E-state index in [0.29, 0.717) is 12.1 Å². The van der Waals surface area contributed by atoms with Crippen molar-refractivity contribution in [3.63, 3.8) is 0 Å². The van der Waals surface area contributed by atoms with E-state index in [-0.39, 0.29) is 0 Å². The van der Waals surface area contributed by atoms with Gasteiger partial charge in [0, 0.05) is 18.6 Å². The van der Waals surface area contributed by atoms with Crippen molar-refractivity contribution in [2.45, 2.75) is 39.8 Å². The largest absolute Gasteiger partial charge is 0.370 e. The van der Waals surface area contributed by atoms with Crippen molar-refractivity contribution in [2.75, 3.05) is 13.1 Å². The van der Waals surface area contributed by atoms with Gasteiger partial charge in [-0.05, 0) is 32.9 Å². The maximum absolute atomic E-state index is 4.30. The summed E-state index contributed by atoms with van der Waals surface area (Å²) >= 11 is 0. The number of aliphatic imine (C=N–C) groups is 1. The molecule has 0 saturated heterocycles. The van der Waals surface area contributed by atoms with Gasteiger partial charge in [-0.2, -0.15) is 0 Å². The van der Waals surface area contributed by atoms with E-state index in [1.54, 1.807) is 6.34 Å². The van der Waals surface area contributed by atoms with Crippen LogP contribution in [-0.2, 0) is 0 Å². The molecule has 86 valence electrons. The molecule has 0 radical (unpaired) electrons. The third kappa shape index (κ3) is 3.55. The lowest BCUT2D eigenvalue weighted by atomic mass is 10.1. The smallest absolute Gasteiger partial charge is 0.128 e. The molecule has 1 heterocycles. The molecule has 0 saturated carbocycles. The van der Waals surface area contributed by atoms with E-state index in [4.69, 9.17) is 0 Å². The lowest BCUT2D eigenvalue weighted by molar-refractivity contribution is 0.534. The molecule has 0 amide bonds. The molecule has 0 aromatic carbocycles. The van der Waals surface area contributed by atoms with Gasteiger partial charge in [0.25, 0.3) is 0 Å². The summed E-state index contributed by atoms with van der Waals surface area (Å²) in [7, 11) is 0. The zero-order chi connectivity index (χ0) is 11.3. The molecule has 0 fully saturated rings. The maximum Gasteiger partial charge on any atom is 0.128 e. The SMILES string of the molecule is CCN[C@@H](C)CNC1=C(C)C(C)NC=N1. The summed E-state index contributed by atoms with van der Waals surface area (Å²) in [6.45, 7) is 10.4. The van der Waals surface area contributed by atoms with Gasteiger partial charge in [0.2, 0.25) is 0 Å². The molecule has 2 atom stereocenters. The van der Waals surface area contributed by atoms with Crippen LogP contribution in [0.5, 0.6) is 0 Å². The van der Waals surface area contributed by atoms with Crippen molar-refractivity contribution >= 4 is 6.34 Å². The molecule has 0 spiro atoms. The molecule has 1 rings (SSSR count). The Morgan fingerprint density at radius 1 is 1.60 bits per heavy atom. The lowest BCUT2D eigenvalue weighted by Crippen LogP contribution is -2.38. The average Bonchev–Trinajstić information content (AvgIpc) is 2.21. The standard InChI is InChI=1S/C11H22N4/c1-5-12-8(2)6-13-11-9(3)10(4)14-7-15-11/h7-8,10,12-13H,5-6H2,1-4H3,(H,14,15)/t8-,10?/m0/s1. The first-order valence-electron chi connectivity index (χ1n) is 5.61. The maximum atomic E-state index is 4.30. The fourth-order valence-electron chi connectivity index (χ4n) is 1.50. The van der Waals surface area contributed by atoms with Crippen molar-refractivity contribution < 1.29 is 0 Å². The molecule has 1 aliphatic heterocycles. The van der Waals surface area contributed by atoms with Gasteiger partial charge in [0.15, 0.2) is 0 Å². The second kappa shape index (κ2) is 5.75. The van der Waals surface area contributed by atoms with Crippen LogP contribution in [0.4, 0.5) is 0 Å². The molecular formula is C11H22N4. The molecule has 4 nitrogen and oxygen atoms in total. The average molecular weight is 210 g/mol. The molecule has 3 N–H and O–H groups in total. The van der Waals surface area contributed by atoms with Crippen molar-refractivity contribution in [1.82, 2.24) is 16.0 Å². The van der Waals surface area contributed by atoms with E-state index in [1.807, 2.05) is 0 Å². The van der Waals surface area contributed by atoms with Crippen molar-refractivity contribution in [2.24, 2.45) is 4.99 Å². The van der Waals surface area contributed by atoms with Crippen LogP contribution in [0.25, 0.3) is 0 Å². The van der Waals surface area contributed by atoms with E-state index >= 15 is 0 Å². The zero-order valence-corrected chi connectivity index (χ0v) is 10.1. The zero-order valence-electron chi connectivity index (χ0n) is 10.1. The molecule has 0 bridgehead atoms. The Kier molecular flexibility index (Phi) is 4.62. The Labute approximate surface area is 92.2 Å². The number of rotatable bonds is 5. The van der Waals surface area contributed by atoms with Gasteiger partial charge in [-0.3, -0.25) is 0 Å². The van der Waals surface area contributed by atoms with Gasteiger partial charge in [0.05, 0.1) is 6.34 Å². The van der Waals surface area contributed by atoms with Crippen molar-refractivity contribution in [3.05, 3.63) is 11.4 Å². The first-order valence-corrected chi connectivity index (χ1v) is 5.61. The molecule has 4 heteroatoms. The van der Waals surface area contributed by atoms with Gasteiger partial charge in [-0.15, -0.1) is 0 Å². The Balaban J connectivity index is 2.44. The predicted molar refractivity (Wildman–Crippen MR) is 64.9 cm³/mol. The third-order valence-electron chi connectivity index (χ3n) is 2.67. The summed E-state index contributed by atoms with van der Waals surface area (Å²) < 4.78 is 0. The van der Waals surface area contributed by atoms with Gasteiger partial charge >= 0.3 is 0 Å². The second-order valence-corrected chi connectivity index (χ2v) is 4.02. The number of hydrogen-bond donors (Lipinski definition) is 3. The Bertz CT molecular complexity index is 257. The molecule has 0 aromatic heterocycles. The first-order chi connectivity index (χ1) is 7.15. The van der Waals surface area contributed by atoms with Crippen molar-refractivity contribution in [3.8, 4) is 0 Å². The monoisotopic (exact) mass is 210 g/mol. The molecule has 15 heavy (non-hydrogen) atoms. The summed E-state index contributed by atoms with van der Waals surface area (Å²) in [5.74, 6) is 1.01. The highest BCUT2D eigenvalue weighted by Crippen LogP contribution is 2.10. The normalized spacial score (nSPS) is 22.5. The Morgan fingerprint density at radius 3 is 3.00 bits per heavy atom. The van der Waals surface area contributed by atoms with Gasteiger partial charge in [-0.25, -0.2) is 4.99 Å². The van der Waals surface area contributed by atoms with Crippen LogP contribution in [0.3, 0.4) is 0 Å². The van der Waals surface area contributed by atoms with Gasteiger partial charge in [0.1, 0.15) is 5.82 Å². The first kappa shape index (κ1) is 12.0. The highest BCUT2D eigenvalue weighted by molar-refractivity contribution is 5.59. The summed E-state index contributed by atoms with van der Waals surface area (Å²) in [5, 5.41) is 9.89. The van der Waals surface area contributed by atoms with Crippen LogP contribution in [-0.4, -0.2) is 31.5 Å². The number of nitrogens with one attached hydrogen (secondary N) is 3. The molecule has 1 aliphatic rings. The second-order valence-electron chi connectivity index (χ2n) is 4.02. The fraction of sp³-hybridized carbons (Fsp3) is 0.727. The number of nitrogens with zero attached hydrogens (tertiary/aromatic N) is 1. The van der Waals surface area contributed by atoms with E-state index in [1.165, 1.54) is 5.57 Å². The van der Waals surface area contributed by atoms with Crippen LogP contribution in [0, 0.1) is 0 Å². The van der Waals surface area contributed by atoms with Gasteiger partial charge in [-0.1, -0.05) is 6.92 Å². The Hall–Kier alpha value is -1.03. The minimum absolute atomic E-state index is 0.374. The fourth-order valence-corrected chi connectivity index (χ4v) is 1.50. The highest BCUT2D eigenvalue weighted by Gasteiger charge is 2.12. The van der Waals surface area contributed by atoms with Crippen LogP contribution in [0.1, 0.15) is 27.7 Å². The third-order valence-corrected chi connectivity index (χ3v) is 2.67. The number of likely N-dealkylation sites (N-methyl/N-ethyl adjacent to an activating group) is 1. The summed E-state index contributed by atoms with van der Waals surface area (Å²) in [6.07, 6.45) is 1.76. The molecule has 0 aromatic rings. The van der Waals surface area contributed by atoms with Gasteiger partial charge < -0.3 is 16.0 Å². The van der Waals surface area contributed by atoms with Crippen LogP contribution in [0.2, 0.25) is 0 Å². The van der Waals surface area contributed by atoms with E-state index in [9.17, 15) is 0 Å². The van der Waals surface area contributed by atoms with Crippen LogP contribution < -0.4 is 16.0 Å². The lowest BCUT2D eigenvalue weighted by Gasteiger charge is -2.22. The minimum atomic E-state index is 0.374. The van der Waals surface area contributed by atoms with E-state index in [0.717, 1.165) is 18.9 Å². The summed E-state index contributed by atoms with van der Waals surface area (Å²) in [4.78, 5) is 4.30. The molecule has 0 aliphatic carbocycles. The summed E-state index contributed by atoms with van der Waals surface area (Å²) in [6, 6.07) is 0.843. The molecular weight excluding hydrogens is 188 g/mol. The molecule has 1 unspecified atom stereocenters. The van der Waals surface area contributed by atoms with Crippen LogP contribution in [0.15, 0.2) is 16.4 Å². The highest BCUT2D eigenvalue weighted by atomic mass is 15.1. The summed E-state index contributed by atoms with van der Waals surface area (Å²) in [5.41, 5.74) is 1.26. The van der Waals surface area contributed by atoms with E-state index in [2.05, 4.69) is 48.6 Å². The quantitative estimate of drug-likeness (QED) is 0.630. The predicted octanol–water partition coefficient (Wildman–Crippen LogP) is 0.826. The Morgan fingerprint density at radius 2 is 2.33 bits per heavy atom. The minimum Gasteiger partial charge on any atom is -0.370 e. The van der Waals surface area contributed by atoms with Crippen LogP contribution >= 0.6 is 0 Å². The van der Waals surface area contributed by atoms with Crippen molar-refractivity contribution in [1.29, 1.82) is 0 Å².